The average Bonchev–Trinajstić information content (AvgIpc) is 2.92. The van der Waals surface area contributed by atoms with E-state index in [1.807, 2.05) is 6.92 Å². The fraction of sp³-hybridized carbons (Fsp3) is 0.125. The van der Waals surface area contributed by atoms with Gasteiger partial charge in [0, 0.05) is 24.4 Å². The van der Waals surface area contributed by atoms with Gasteiger partial charge in [0.1, 0.15) is 5.76 Å². The molecule has 0 aliphatic rings. The molecule has 0 aliphatic carbocycles. The lowest BCUT2D eigenvalue weighted by Gasteiger charge is -2.09. The molecule has 1 heterocycles. The van der Waals surface area contributed by atoms with Crippen LogP contribution in [0.4, 0.5) is 11.4 Å². The number of carbonyl (C=O) groups excluding carboxylic acids is 2. The van der Waals surface area contributed by atoms with Crippen molar-refractivity contribution in [3.05, 3.63) is 54.0 Å². The molecule has 0 atom stereocenters. The highest BCUT2D eigenvalue weighted by Crippen LogP contribution is 2.19. The maximum absolute atomic E-state index is 11.8. The summed E-state index contributed by atoms with van der Waals surface area (Å²) in [5.41, 5.74) is 2.26. The first-order valence-electron chi connectivity index (χ1n) is 6.45. The van der Waals surface area contributed by atoms with Crippen molar-refractivity contribution in [3.63, 3.8) is 0 Å². The second-order valence-corrected chi connectivity index (χ2v) is 4.55. The Morgan fingerprint density at radius 1 is 1.19 bits per heavy atom. The van der Waals surface area contributed by atoms with Crippen LogP contribution in [0.2, 0.25) is 0 Å². The highest BCUT2D eigenvalue weighted by atomic mass is 16.3. The molecule has 2 amide bonds. The molecule has 108 valence electrons. The van der Waals surface area contributed by atoms with Crippen LogP contribution in [-0.2, 0) is 9.59 Å². The SMILES string of the molecule is CC(=O)Nc1ccc(NC(=O)/C=C/c2ccco2)cc1C. The van der Waals surface area contributed by atoms with Gasteiger partial charge in [0.2, 0.25) is 11.8 Å². The van der Waals surface area contributed by atoms with Crippen molar-refractivity contribution < 1.29 is 14.0 Å². The standard InChI is InChI=1S/C16H16N2O3/c1-11-10-13(5-7-15(11)17-12(2)19)18-16(20)8-6-14-4-3-9-21-14/h3-10H,1-2H3,(H,17,19)(H,18,20)/b8-6+. The normalized spacial score (nSPS) is 10.6. The molecular formula is C16H16N2O3. The van der Waals surface area contributed by atoms with Crippen LogP contribution in [0, 0.1) is 6.92 Å². The third-order valence-electron chi connectivity index (χ3n) is 2.75. The van der Waals surface area contributed by atoms with Crippen molar-refractivity contribution in [3.8, 4) is 0 Å². The third kappa shape index (κ3) is 4.35. The minimum Gasteiger partial charge on any atom is -0.465 e. The first kappa shape index (κ1) is 14.6. The van der Waals surface area contributed by atoms with E-state index in [2.05, 4.69) is 10.6 Å². The Bertz CT molecular complexity index is 673. The fourth-order valence-electron chi connectivity index (χ4n) is 1.80. The van der Waals surface area contributed by atoms with Gasteiger partial charge >= 0.3 is 0 Å². The molecule has 5 heteroatoms. The summed E-state index contributed by atoms with van der Waals surface area (Å²) in [6.45, 7) is 3.31. The zero-order valence-corrected chi connectivity index (χ0v) is 11.8. The number of anilines is 2. The first-order chi connectivity index (χ1) is 10.0. The predicted octanol–water partition coefficient (Wildman–Crippen LogP) is 3.20. The molecule has 21 heavy (non-hydrogen) atoms. The van der Waals surface area contributed by atoms with Gasteiger partial charge in [0.15, 0.2) is 0 Å². The number of nitrogens with one attached hydrogen (secondary N) is 2. The second-order valence-electron chi connectivity index (χ2n) is 4.55. The van der Waals surface area contributed by atoms with Crippen LogP contribution in [0.15, 0.2) is 47.1 Å². The van der Waals surface area contributed by atoms with Gasteiger partial charge in [-0.1, -0.05) is 0 Å². The van der Waals surface area contributed by atoms with Gasteiger partial charge in [-0.2, -0.15) is 0 Å². The molecule has 2 aromatic rings. The lowest BCUT2D eigenvalue weighted by atomic mass is 10.1. The lowest BCUT2D eigenvalue weighted by molar-refractivity contribution is -0.114. The van der Waals surface area contributed by atoms with E-state index in [1.54, 1.807) is 42.7 Å². The van der Waals surface area contributed by atoms with E-state index in [-0.39, 0.29) is 11.8 Å². The molecule has 0 bridgehead atoms. The van der Waals surface area contributed by atoms with Crippen LogP contribution in [-0.4, -0.2) is 11.8 Å². The smallest absolute Gasteiger partial charge is 0.248 e. The summed E-state index contributed by atoms with van der Waals surface area (Å²) in [4.78, 5) is 22.8. The fourth-order valence-corrected chi connectivity index (χ4v) is 1.80. The van der Waals surface area contributed by atoms with E-state index >= 15 is 0 Å². The molecule has 1 aromatic heterocycles. The van der Waals surface area contributed by atoms with E-state index in [0.29, 0.717) is 11.4 Å². The first-order valence-corrected chi connectivity index (χ1v) is 6.45. The molecule has 2 N–H and O–H groups in total. The molecule has 0 saturated carbocycles. The zero-order valence-electron chi connectivity index (χ0n) is 11.8. The number of rotatable bonds is 4. The van der Waals surface area contributed by atoms with Crippen LogP contribution >= 0.6 is 0 Å². The summed E-state index contributed by atoms with van der Waals surface area (Å²) < 4.78 is 5.10. The highest BCUT2D eigenvalue weighted by molar-refractivity contribution is 6.02. The Hall–Kier alpha value is -2.82. The third-order valence-corrected chi connectivity index (χ3v) is 2.75. The summed E-state index contributed by atoms with van der Waals surface area (Å²) >= 11 is 0. The van der Waals surface area contributed by atoms with E-state index in [1.165, 1.54) is 13.0 Å². The van der Waals surface area contributed by atoms with Gasteiger partial charge in [0.05, 0.1) is 6.26 Å². The molecule has 0 fully saturated rings. The van der Waals surface area contributed by atoms with Crippen molar-refractivity contribution in [2.45, 2.75) is 13.8 Å². The van der Waals surface area contributed by atoms with Crippen LogP contribution in [0.1, 0.15) is 18.2 Å². The Morgan fingerprint density at radius 3 is 2.62 bits per heavy atom. The van der Waals surface area contributed by atoms with Crippen molar-refractivity contribution in [1.82, 2.24) is 0 Å². The van der Waals surface area contributed by atoms with E-state index in [4.69, 9.17) is 4.42 Å². The Morgan fingerprint density at radius 2 is 2.00 bits per heavy atom. The lowest BCUT2D eigenvalue weighted by Crippen LogP contribution is -2.10. The van der Waals surface area contributed by atoms with Gasteiger partial charge in [-0.3, -0.25) is 9.59 Å². The van der Waals surface area contributed by atoms with Crippen LogP contribution in [0.3, 0.4) is 0 Å². The molecular weight excluding hydrogens is 268 g/mol. The molecule has 5 nitrogen and oxygen atoms in total. The summed E-state index contributed by atoms with van der Waals surface area (Å²) in [6, 6.07) is 8.79. The molecule has 0 aliphatic heterocycles. The molecule has 0 unspecified atom stereocenters. The predicted molar refractivity (Wildman–Crippen MR) is 81.9 cm³/mol. The van der Waals surface area contributed by atoms with Gasteiger partial charge in [-0.25, -0.2) is 0 Å². The largest absolute Gasteiger partial charge is 0.465 e. The summed E-state index contributed by atoms with van der Waals surface area (Å²) in [5, 5.41) is 5.46. The molecule has 0 spiro atoms. The van der Waals surface area contributed by atoms with Crippen molar-refractivity contribution in [1.29, 1.82) is 0 Å². The van der Waals surface area contributed by atoms with E-state index in [9.17, 15) is 9.59 Å². The topological polar surface area (TPSA) is 71.3 Å². The molecule has 0 saturated heterocycles. The highest BCUT2D eigenvalue weighted by Gasteiger charge is 2.03. The van der Waals surface area contributed by atoms with Gasteiger partial charge in [0.25, 0.3) is 0 Å². The minimum absolute atomic E-state index is 0.128. The quantitative estimate of drug-likeness (QED) is 0.847. The number of amides is 2. The van der Waals surface area contributed by atoms with Crippen molar-refractivity contribution >= 4 is 29.3 Å². The van der Waals surface area contributed by atoms with E-state index < -0.39 is 0 Å². The average molecular weight is 284 g/mol. The number of aryl methyl sites for hydroxylation is 1. The maximum atomic E-state index is 11.8. The number of hydrogen-bond donors (Lipinski definition) is 2. The number of hydrogen-bond acceptors (Lipinski definition) is 3. The van der Waals surface area contributed by atoms with Gasteiger partial charge in [-0.05, 0) is 48.9 Å². The van der Waals surface area contributed by atoms with Gasteiger partial charge < -0.3 is 15.1 Å². The monoisotopic (exact) mass is 284 g/mol. The number of carbonyl (C=O) groups is 2. The summed E-state index contributed by atoms with van der Waals surface area (Å²) in [7, 11) is 0. The number of furan rings is 1. The van der Waals surface area contributed by atoms with Crippen LogP contribution in [0.25, 0.3) is 6.08 Å². The summed E-state index contributed by atoms with van der Waals surface area (Å²) in [5.74, 6) is 0.233. The Balaban J connectivity index is 2.01. The van der Waals surface area contributed by atoms with Crippen molar-refractivity contribution in [2.75, 3.05) is 10.6 Å². The number of benzene rings is 1. The summed E-state index contributed by atoms with van der Waals surface area (Å²) in [6.07, 6.45) is 4.53. The second kappa shape index (κ2) is 6.56. The van der Waals surface area contributed by atoms with Crippen molar-refractivity contribution in [2.24, 2.45) is 0 Å². The Kier molecular flexibility index (Phi) is 4.56. The van der Waals surface area contributed by atoms with Crippen LogP contribution in [0.5, 0.6) is 0 Å². The van der Waals surface area contributed by atoms with E-state index in [0.717, 1.165) is 11.3 Å². The zero-order chi connectivity index (χ0) is 15.2. The molecule has 0 radical (unpaired) electrons. The van der Waals surface area contributed by atoms with Gasteiger partial charge in [-0.15, -0.1) is 0 Å². The Labute approximate surface area is 122 Å². The minimum atomic E-state index is -0.252. The molecule has 2 rings (SSSR count). The maximum Gasteiger partial charge on any atom is 0.248 e. The molecule has 1 aromatic carbocycles. The van der Waals surface area contributed by atoms with Crippen LogP contribution < -0.4 is 10.6 Å².